The molecule has 0 atom stereocenters. The zero-order valence-electron chi connectivity index (χ0n) is 14.5. The summed E-state index contributed by atoms with van der Waals surface area (Å²) in [5.74, 6) is 0.559. The average Bonchev–Trinajstić information content (AvgIpc) is 2.61. The standard InChI is InChI=1S/C21H22N2O2/c1-15(2)25-20-13-6-5-11-19(20)23-21(24)14-22-18-12-7-9-16-8-3-4-10-17(16)18/h3-13,15,22H,14H2,1-2H3,(H,23,24). The molecule has 0 aliphatic carbocycles. The Morgan fingerprint density at radius 3 is 2.44 bits per heavy atom. The largest absolute Gasteiger partial charge is 0.489 e. The molecule has 0 spiro atoms. The van der Waals surface area contributed by atoms with Gasteiger partial charge in [-0.3, -0.25) is 4.79 Å². The second kappa shape index (κ2) is 7.71. The van der Waals surface area contributed by atoms with Crippen LogP contribution in [0.3, 0.4) is 0 Å². The zero-order chi connectivity index (χ0) is 17.6. The summed E-state index contributed by atoms with van der Waals surface area (Å²) in [6, 6.07) is 21.6. The maximum atomic E-state index is 12.3. The van der Waals surface area contributed by atoms with Gasteiger partial charge in [0.1, 0.15) is 5.75 Å². The van der Waals surface area contributed by atoms with E-state index in [0.717, 1.165) is 16.5 Å². The van der Waals surface area contributed by atoms with Crippen LogP contribution in [0.5, 0.6) is 5.75 Å². The highest BCUT2D eigenvalue weighted by atomic mass is 16.5. The summed E-state index contributed by atoms with van der Waals surface area (Å²) in [4.78, 5) is 12.3. The van der Waals surface area contributed by atoms with Gasteiger partial charge in [-0.15, -0.1) is 0 Å². The van der Waals surface area contributed by atoms with Gasteiger partial charge in [-0.1, -0.05) is 48.5 Å². The maximum absolute atomic E-state index is 12.3. The van der Waals surface area contributed by atoms with Crippen LogP contribution in [0.4, 0.5) is 11.4 Å². The zero-order valence-corrected chi connectivity index (χ0v) is 14.5. The molecule has 1 amide bonds. The monoisotopic (exact) mass is 334 g/mol. The van der Waals surface area contributed by atoms with Gasteiger partial charge < -0.3 is 15.4 Å². The van der Waals surface area contributed by atoms with Crippen molar-refractivity contribution in [3.8, 4) is 5.75 Å². The number of fused-ring (bicyclic) bond motifs is 1. The van der Waals surface area contributed by atoms with Crippen LogP contribution in [0.1, 0.15) is 13.8 Å². The van der Waals surface area contributed by atoms with Gasteiger partial charge in [0.05, 0.1) is 18.3 Å². The molecule has 0 fully saturated rings. The van der Waals surface area contributed by atoms with Gasteiger partial charge in [-0.2, -0.15) is 0 Å². The Bertz CT molecular complexity index is 869. The summed E-state index contributed by atoms with van der Waals surface area (Å²) in [6.45, 7) is 4.10. The Balaban J connectivity index is 1.67. The van der Waals surface area contributed by atoms with E-state index in [0.29, 0.717) is 11.4 Å². The maximum Gasteiger partial charge on any atom is 0.243 e. The normalized spacial score (nSPS) is 10.7. The topological polar surface area (TPSA) is 50.4 Å². The predicted octanol–water partition coefficient (Wildman–Crippen LogP) is 4.68. The van der Waals surface area contributed by atoms with Crippen LogP contribution in [0, 0.1) is 0 Å². The lowest BCUT2D eigenvalue weighted by Gasteiger charge is -2.15. The van der Waals surface area contributed by atoms with E-state index < -0.39 is 0 Å². The summed E-state index contributed by atoms with van der Waals surface area (Å²) < 4.78 is 5.73. The SMILES string of the molecule is CC(C)Oc1ccccc1NC(=O)CNc1cccc2ccccc12. The van der Waals surface area contributed by atoms with Crippen molar-refractivity contribution in [2.75, 3.05) is 17.2 Å². The van der Waals surface area contributed by atoms with Crippen LogP contribution in [0.2, 0.25) is 0 Å². The van der Waals surface area contributed by atoms with Crippen LogP contribution in [-0.2, 0) is 4.79 Å². The first-order chi connectivity index (χ1) is 12.1. The molecule has 4 nitrogen and oxygen atoms in total. The first kappa shape index (κ1) is 16.8. The number of anilines is 2. The number of ether oxygens (including phenoxy) is 1. The molecule has 3 aromatic carbocycles. The minimum Gasteiger partial charge on any atom is -0.489 e. The Kier molecular flexibility index (Phi) is 5.19. The smallest absolute Gasteiger partial charge is 0.243 e. The Morgan fingerprint density at radius 2 is 1.60 bits per heavy atom. The lowest BCUT2D eigenvalue weighted by Crippen LogP contribution is -2.22. The fraction of sp³-hybridized carbons (Fsp3) is 0.190. The summed E-state index contributed by atoms with van der Waals surface area (Å²) in [5.41, 5.74) is 1.63. The van der Waals surface area contributed by atoms with Crippen LogP contribution in [0.15, 0.2) is 66.7 Å². The molecular weight excluding hydrogens is 312 g/mol. The molecule has 0 bridgehead atoms. The van der Waals surface area contributed by atoms with Crippen molar-refractivity contribution in [1.29, 1.82) is 0 Å². The van der Waals surface area contributed by atoms with E-state index in [9.17, 15) is 4.79 Å². The van der Waals surface area contributed by atoms with E-state index in [1.807, 2.05) is 68.4 Å². The third kappa shape index (κ3) is 4.29. The number of para-hydroxylation sites is 2. The van der Waals surface area contributed by atoms with Crippen molar-refractivity contribution in [1.82, 2.24) is 0 Å². The van der Waals surface area contributed by atoms with Crippen LogP contribution < -0.4 is 15.4 Å². The highest BCUT2D eigenvalue weighted by molar-refractivity contribution is 5.98. The van der Waals surface area contributed by atoms with Crippen LogP contribution in [0.25, 0.3) is 10.8 Å². The minimum absolute atomic E-state index is 0.0480. The number of hydrogen-bond donors (Lipinski definition) is 2. The van der Waals surface area contributed by atoms with E-state index in [-0.39, 0.29) is 18.6 Å². The molecule has 0 heterocycles. The second-order valence-electron chi connectivity index (χ2n) is 6.09. The molecule has 4 heteroatoms. The molecule has 0 saturated carbocycles. The molecule has 0 aliphatic heterocycles. The van der Waals surface area contributed by atoms with Gasteiger partial charge in [0.2, 0.25) is 5.91 Å². The van der Waals surface area contributed by atoms with Crippen molar-refractivity contribution in [3.63, 3.8) is 0 Å². The number of nitrogens with one attached hydrogen (secondary N) is 2. The molecule has 128 valence electrons. The highest BCUT2D eigenvalue weighted by Crippen LogP contribution is 2.25. The third-order valence-electron chi connectivity index (χ3n) is 3.75. The van der Waals surface area contributed by atoms with Crippen molar-refractivity contribution < 1.29 is 9.53 Å². The lowest BCUT2D eigenvalue weighted by molar-refractivity contribution is -0.114. The Morgan fingerprint density at radius 1 is 0.920 bits per heavy atom. The minimum atomic E-state index is -0.118. The molecule has 0 aromatic heterocycles. The summed E-state index contributed by atoms with van der Waals surface area (Å²) in [6.07, 6.45) is 0.0480. The van der Waals surface area contributed by atoms with Gasteiger partial charge in [-0.25, -0.2) is 0 Å². The van der Waals surface area contributed by atoms with E-state index in [2.05, 4.69) is 22.8 Å². The van der Waals surface area contributed by atoms with E-state index in [1.54, 1.807) is 0 Å². The van der Waals surface area contributed by atoms with Gasteiger partial charge in [0.25, 0.3) is 0 Å². The number of benzene rings is 3. The number of carbonyl (C=O) groups excluding carboxylic acids is 1. The Hall–Kier alpha value is -3.01. The molecule has 2 N–H and O–H groups in total. The van der Waals surface area contributed by atoms with Crippen molar-refractivity contribution in [3.05, 3.63) is 66.7 Å². The van der Waals surface area contributed by atoms with Crippen molar-refractivity contribution in [2.24, 2.45) is 0 Å². The van der Waals surface area contributed by atoms with Gasteiger partial charge in [0, 0.05) is 11.1 Å². The third-order valence-corrected chi connectivity index (χ3v) is 3.75. The molecule has 3 rings (SSSR count). The quantitative estimate of drug-likeness (QED) is 0.688. The number of rotatable bonds is 6. The fourth-order valence-electron chi connectivity index (χ4n) is 2.68. The molecule has 0 saturated heterocycles. The highest BCUT2D eigenvalue weighted by Gasteiger charge is 2.09. The van der Waals surface area contributed by atoms with E-state index in [1.165, 1.54) is 0 Å². The first-order valence-electron chi connectivity index (χ1n) is 8.40. The molecule has 0 radical (unpaired) electrons. The number of carbonyl (C=O) groups is 1. The van der Waals surface area contributed by atoms with Gasteiger partial charge >= 0.3 is 0 Å². The second-order valence-corrected chi connectivity index (χ2v) is 6.09. The number of hydrogen-bond acceptors (Lipinski definition) is 3. The predicted molar refractivity (Wildman–Crippen MR) is 103 cm³/mol. The van der Waals surface area contributed by atoms with Crippen molar-refractivity contribution >= 4 is 28.1 Å². The molecule has 3 aromatic rings. The van der Waals surface area contributed by atoms with Crippen LogP contribution in [-0.4, -0.2) is 18.6 Å². The molecule has 0 aliphatic rings. The first-order valence-corrected chi connectivity index (χ1v) is 8.40. The molecular formula is C21H22N2O2. The fourth-order valence-corrected chi connectivity index (χ4v) is 2.68. The number of amides is 1. The van der Waals surface area contributed by atoms with E-state index in [4.69, 9.17) is 4.74 Å². The van der Waals surface area contributed by atoms with Gasteiger partial charge in [-0.05, 0) is 37.4 Å². The average molecular weight is 334 g/mol. The van der Waals surface area contributed by atoms with Crippen molar-refractivity contribution in [2.45, 2.75) is 20.0 Å². The lowest BCUT2D eigenvalue weighted by atomic mass is 10.1. The van der Waals surface area contributed by atoms with Gasteiger partial charge in [0.15, 0.2) is 0 Å². The molecule has 25 heavy (non-hydrogen) atoms. The summed E-state index contributed by atoms with van der Waals surface area (Å²) in [7, 11) is 0. The van der Waals surface area contributed by atoms with Crippen LogP contribution >= 0.6 is 0 Å². The Labute approximate surface area is 147 Å². The van der Waals surface area contributed by atoms with E-state index >= 15 is 0 Å². The summed E-state index contributed by atoms with van der Waals surface area (Å²) >= 11 is 0. The molecule has 0 unspecified atom stereocenters. The summed E-state index contributed by atoms with van der Waals surface area (Å²) in [5, 5.41) is 8.36.